The Hall–Kier alpha value is -0.260. The van der Waals surface area contributed by atoms with Gasteiger partial charge in [-0.2, -0.15) is 0 Å². The molecule has 242 valence electrons. The van der Waals surface area contributed by atoms with E-state index in [1.807, 2.05) is 41.5 Å². The van der Waals surface area contributed by atoms with Crippen molar-refractivity contribution in [2.24, 2.45) is 33.5 Å². The van der Waals surface area contributed by atoms with Crippen LogP contribution in [0.4, 0.5) is 0 Å². The summed E-state index contributed by atoms with van der Waals surface area (Å²) in [4.78, 5) is 0. The first-order valence-corrected chi connectivity index (χ1v) is 17.2. The molecular formula is C39H86. The van der Waals surface area contributed by atoms with Crippen molar-refractivity contribution in [3.05, 3.63) is 12.2 Å². The van der Waals surface area contributed by atoms with Crippen LogP contribution in [-0.4, -0.2) is 0 Å². The van der Waals surface area contributed by atoms with Crippen molar-refractivity contribution < 1.29 is 0 Å². The van der Waals surface area contributed by atoms with Crippen molar-refractivity contribution in [2.75, 3.05) is 0 Å². The van der Waals surface area contributed by atoms with E-state index >= 15 is 0 Å². The molecule has 0 aromatic rings. The number of hydrogen-bond acceptors (Lipinski definition) is 0. The van der Waals surface area contributed by atoms with Crippen molar-refractivity contribution in [1.82, 2.24) is 0 Å². The Bertz CT molecular complexity index is 471. The molecule has 0 amide bonds. The Morgan fingerprint density at radius 1 is 0.718 bits per heavy atom. The van der Waals surface area contributed by atoms with Crippen LogP contribution in [0, 0.1) is 33.5 Å². The molecule has 1 fully saturated rings. The Balaban J connectivity index is -0.000000149. The Morgan fingerprint density at radius 3 is 1.28 bits per heavy atom. The molecule has 0 N–H and O–H groups in total. The van der Waals surface area contributed by atoms with Crippen molar-refractivity contribution in [1.29, 1.82) is 0 Å². The molecule has 39 heavy (non-hydrogen) atoms. The molecule has 0 heteroatoms. The molecule has 0 aromatic carbocycles. The molecule has 0 bridgehead atoms. The third-order valence-electron chi connectivity index (χ3n) is 6.26. The van der Waals surface area contributed by atoms with E-state index in [-0.39, 0.29) is 0 Å². The predicted octanol–water partition coefficient (Wildman–Crippen LogP) is 15.4. The maximum atomic E-state index is 3.56. The third kappa shape index (κ3) is 51.0. The second-order valence-electron chi connectivity index (χ2n) is 16.3. The first-order chi connectivity index (χ1) is 17.6. The van der Waals surface area contributed by atoms with Crippen LogP contribution in [0.3, 0.4) is 0 Å². The first-order valence-electron chi connectivity index (χ1n) is 17.2. The fourth-order valence-corrected chi connectivity index (χ4v) is 5.67. The van der Waals surface area contributed by atoms with E-state index in [0.717, 1.165) is 11.8 Å². The zero-order valence-electron chi connectivity index (χ0n) is 32.1. The van der Waals surface area contributed by atoms with Crippen LogP contribution in [0.1, 0.15) is 209 Å². The van der Waals surface area contributed by atoms with Gasteiger partial charge in [0.15, 0.2) is 0 Å². The maximum Gasteiger partial charge on any atom is -0.0347 e. The van der Waals surface area contributed by atoms with Gasteiger partial charge in [0.05, 0.1) is 0 Å². The first kappa shape index (κ1) is 48.5. The molecule has 0 heterocycles. The van der Waals surface area contributed by atoms with Crippen molar-refractivity contribution in [3.63, 3.8) is 0 Å². The van der Waals surface area contributed by atoms with Gasteiger partial charge in [0.2, 0.25) is 0 Å². The Morgan fingerprint density at radius 2 is 1.00 bits per heavy atom. The van der Waals surface area contributed by atoms with Gasteiger partial charge in [-0.25, -0.2) is 0 Å². The highest BCUT2D eigenvalue weighted by atomic mass is 14.4. The van der Waals surface area contributed by atoms with Crippen LogP contribution in [0.25, 0.3) is 0 Å². The summed E-state index contributed by atoms with van der Waals surface area (Å²) in [6.07, 6.45) is 15.3. The normalized spacial score (nSPS) is 16.5. The Kier molecular flexibility index (Phi) is 33.1. The third-order valence-corrected chi connectivity index (χ3v) is 6.26. The van der Waals surface area contributed by atoms with Gasteiger partial charge in [0.25, 0.3) is 0 Å². The number of allylic oxidation sites excluding steroid dienone is 1. The summed E-state index contributed by atoms with van der Waals surface area (Å²) in [6, 6.07) is 0. The van der Waals surface area contributed by atoms with Gasteiger partial charge >= 0.3 is 0 Å². The smallest absolute Gasteiger partial charge is 0.0347 e. The monoisotopic (exact) mass is 555 g/mol. The van der Waals surface area contributed by atoms with Crippen LogP contribution in [0.5, 0.6) is 0 Å². The molecule has 0 aromatic heterocycles. The largest absolute Gasteiger partial charge is 0.100 e. The summed E-state index contributed by atoms with van der Waals surface area (Å²) in [6.45, 7) is 48.3. The van der Waals surface area contributed by atoms with Crippen LogP contribution in [-0.2, 0) is 0 Å². The lowest BCUT2D eigenvalue weighted by Crippen LogP contribution is -2.32. The number of unbranched alkanes of at least 4 members (excludes halogenated alkanes) is 1. The molecule has 1 unspecified atom stereocenters. The predicted molar refractivity (Wildman–Crippen MR) is 190 cm³/mol. The highest BCUT2D eigenvalue weighted by Gasteiger charge is 2.36. The van der Waals surface area contributed by atoms with Crippen LogP contribution < -0.4 is 0 Å². The summed E-state index contributed by atoms with van der Waals surface area (Å²) in [5, 5.41) is 0. The molecule has 0 aliphatic heterocycles. The lowest BCUT2D eigenvalue weighted by Gasteiger charge is -2.44. The van der Waals surface area contributed by atoms with E-state index in [1.54, 1.807) is 0 Å². The topological polar surface area (TPSA) is 0 Å². The van der Waals surface area contributed by atoms with Gasteiger partial charge in [-0.1, -0.05) is 169 Å². The molecule has 1 aliphatic carbocycles. The van der Waals surface area contributed by atoms with Crippen LogP contribution in [0.2, 0.25) is 0 Å². The quantitative estimate of drug-likeness (QED) is 0.217. The molecule has 0 saturated heterocycles. The van der Waals surface area contributed by atoms with Crippen molar-refractivity contribution >= 4 is 0 Å². The Labute approximate surface area is 254 Å². The number of hydrogen-bond donors (Lipinski definition) is 0. The summed E-state index contributed by atoms with van der Waals surface area (Å²) in [5.41, 5.74) is 3.38. The van der Waals surface area contributed by atoms with Gasteiger partial charge in [-0.05, 0) is 79.4 Å². The minimum absolute atomic E-state index is 0.520. The van der Waals surface area contributed by atoms with E-state index < -0.39 is 0 Å². The maximum absolute atomic E-state index is 3.56. The second kappa shape index (κ2) is 26.6. The van der Waals surface area contributed by atoms with E-state index in [4.69, 9.17) is 0 Å². The average Bonchev–Trinajstić information content (AvgIpc) is 2.70. The van der Waals surface area contributed by atoms with Crippen LogP contribution in [0.15, 0.2) is 12.2 Å². The van der Waals surface area contributed by atoms with E-state index in [9.17, 15) is 0 Å². The zero-order valence-corrected chi connectivity index (χ0v) is 32.1. The summed E-state index contributed by atoms with van der Waals surface area (Å²) in [7, 11) is 0. The zero-order chi connectivity index (χ0) is 32.5. The van der Waals surface area contributed by atoms with E-state index in [1.165, 1.54) is 76.2 Å². The van der Waals surface area contributed by atoms with Crippen molar-refractivity contribution in [3.8, 4) is 0 Å². The van der Waals surface area contributed by atoms with Gasteiger partial charge in [-0.3, -0.25) is 0 Å². The van der Waals surface area contributed by atoms with Crippen molar-refractivity contribution in [2.45, 2.75) is 209 Å². The van der Waals surface area contributed by atoms with Gasteiger partial charge in [-0.15, -0.1) is 6.58 Å². The molecular weight excluding hydrogens is 468 g/mol. The SMILES string of the molecule is C=C(C)C.CC.CC.CC(CCCCC(C)(C)C)CCCC(C)(C)C.CC1CC(C)(C)CC(C)(C)C1.CCC. The standard InChI is InChI=1S/C17H36.C11H22.C4H8.C3H8.2C2H6/c1-15(12-10-14-17(5,6)7)11-8-9-13-16(2,3)4;1-9-6-10(2,3)8-11(4,5)7-9;1-4(2)3;1-3-2;2*1-2/h15H,8-14H2,1-7H3;9H,6-8H2,1-5H3;1H2,2-3H3;3H2,1-2H3;2*1-2H3. The van der Waals surface area contributed by atoms with Gasteiger partial charge in [0, 0.05) is 0 Å². The number of rotatable bonds is 7. The fraction of sp³-hybridized carbons (Fsp3) is 0.949. The average molecular weight is 555 g/mol. The minimum Gasteiger partial charge on any atom is -0.100 e. The molecule has 1 saturated carbocycles. The van der Waals surface area contributed by atoms with Crippen LogP contribution >= 0.6 is 0 Å². The fourth-order valence-electron chi connectivity index (χ4n) is 5.67. The second-order valence-corrected chi connectivity index (χ2v) is 16.3. The molecule has 0 spiro atoms. The minimum atomic E-state index is 0.520. The lowest BCUT2D eigenvalue weighted by molar-refractivity contribution is 0.0754. The molecule has 1 rings (SSSR count). The van der Waals surface area contributed by atoms with E-state index in [2.05, 4.69) is 104 Å². The molecule has 0 radical (unpaired) electrons. The summed E-state index contributed by atoms with van der Waals surface area (Å²) >= 11 is 0. The molecule has 1 aliphatic rings. The van der Waals surface area contributed by atoms with Gasteiger partial charge in [0.1, 0.15) is 0 Å². The van der Waals surface area contributed by atoms with Gasteiger partial charge < -0.3 is 0 Å². The highest BCUT2D eigenvalue weighted by molar-refractivity contribution is 4.87. The molecule has 1 atom stereocenters. The van der Waals surface area contributed by atoms with E-state index in [0.29, 0.717) is 21.7 Å². The summed E-state index contributed by atoms with van der Waals surface area (Å²) in [5.74, 6) is 1.85. The highest BCUT2D eigenvalue weighted by Crippen LogP contribution is 2.47. The lowest BCUT2D eigenvalue weighted by atomic mass is 9.62. The summed E-state index contributed by atoms with van der Waals surface area (Å²) < 4.78 is 0. The molecule has 0 nitrogen and oxygen atoms in total.